The van der Waals surface area contributed by atoms with Crippen molar-refractivity contribution in [3.05, 3.63) is 42.3 Å². The molecule has 0 saturated carbocycles. The topological polar surface area (TPSA) is 157 Å². The molecule has 4 saturated heterocycles. The number of halogens is 1. The number of aromatic amines is 2. The number of amides is 2. The maximum Gasteiger partial charge on any atom is 0.410 e. The van der Waals surface area contributed by atoms with Crippen LogP contribution in [-0.2, 0) is 9.47 Å². The highest BCUT2D eigenvalue weighted by molar-refractivity contribution is 6.33. The van der Waals surface area contributed by atoms with Crippen molar-refractivity contribution in [1.82, 2.24) is 45.0 Å². The first kappa shape index (κ1) is 39.0. The van der Waals surface area contributed by atoms with Crippen molar-refractivity contribution in [3.8, 4) is 0 Å². The Morgan fingerprint density at radius 3 is 1.87 bits per heavy atom. The van der Waals surface area contributed by atoms with Gasteiger partial charge in [0.2, 0.25) is 0 Å². The summed E-state index contributed by atoms with van der Waals surface area (Å²) >= 11 is 5.73. The lowest BCUT2D eigenvalue weighted by Gasteiger charge is -2.55. The lowest BCUT2D eigenvalue weighted by Crippen LogP contribution is -2.69. The Labute approximate surface area is 311 Å². The number of anilines is 1. The number of aromatic nitrogens is 6. The third-order valence-corrected chi connectivity index (χ3v) is 10.7. The van der Waals surface area contributed by atoms with Gasteiger partial charge in [0.05, 0.1) is 21.9 Å². The van der Waals surface area contributed by atoms with Crippen LogP contribution in [0.5, 0.6) is 0 Å². The van der Waals surface area contributed by atoms with Crippen LogP contribution in [-0.4, -0.2) is 113 Å². The molecule has 0 aliphatic carbocycles. The van der Waals surface area contributed by atoms with Gasteiger partial charge in [0.1, 0.15) is 46.1 Å². The van der Waals surface area contributed by atoms with Gasteiger partial charge in [-0.15, -0.1) is 0 Å². The maximum absolute atomic E-state index is 12.6. The van der Waals surface area contributed by atoms with Gasteiger partial charge in [0.15, 0.2) is 0 Å². The van der Waals surface area contributed by atoms with Gasteiger partial charge in [0.25, 0.3) is 0 Å². The molecule has 3 N–H and O–H groups in total. The fraction of sp³-hybridized carbons (Fsp3) is 0.622. The number of fused-ring (bicyclic) bond motifs is 2. The summed E-state index contributed by atoms with van der Waals surface area (Å²) in [6.45, 7) is 21.0. The molecule has 2 spiro atoms. The summed E-state index contributed by atoms with van der Waals surface area (Å²) in [6, 6.07) is 3.85. The molecule has 52 heavy (non-hydrogen) atoms. The normalized spacial score (nSPS) is 25.1. The van der Waals surface area contributed by atoms with E-state index in [0.29, 0.717) is 17.0 Å². The van der Waals surface area contributed by atoms with Gasteiger partial charge in [0, 0.05) is 45.1 Å². The summed E-state index contributed by atoms with van der Waals surface area (Å²) in [7, 11) is 0. The molecule has 4 aromatic rings. The van der Waals surface area contributed by atoms with Crippen LogP contribution in [0.2, 0.25) is 5.15 Å². The van der Waals surface area contributed by atoms with Gasteiger partial charge in [-0.1, -0.05) is 32.9 Å². The van der Waals surface area contributed by atoms with Crippen molar-refractivity contribution in [2.75, 3.05) is 44.2 Å². The Morgan fingerprint density at radius 2 is 1.35 bits per heavy atom. The van der Waals surface area contributed by atoms with Gasteiger partial charge < -0.3 is 34.6 Å². The SMILES string of the molecule is C.CC1CN(C(=O)OC(C)(C)C)C12CCN(c1ncnc3[nH]ccc13)C2.CC1CN(C(=O)OC(C)(C)C)C12CCNC2.Clc1ncnc2[nH]ccc12. The molecule has 15 heteroatoms. The Morgan fingerprint density at radius 1 is 0.808 bits per heavy atom. The van der Waals surface area contributed by atoms with E-state index in [-0.39, 0.29) is 30.7 Å². The van der Waals surface area contributed by atoms with Gasteiger partial charge >= 0.3 is 12.2 Å². The van der Waals surface area contributed by atoms with Gasteiger partial charge in [-0.25, -0.2) is 29.5 Å². The molecule has 0 radical (unpaired) electrons. The van der Waals surface area contributed by atoms with Crippen LogP contribution in [0, 0.1) is 11.8 Å². The smallest absolute Gasteiger partial charge is 0.410 e. The van der Waals surface area contributed by atoms with Crippen molar-refractivity contribution in [3.63, 3.8) is 0 Å². The summed E-state index contributed by atoms with van der Waals surface area (Å²) in [6.07, 6.45) is 8.31. The number of carbonyl (C=O) groups excluding carboxylic acids is 2. The van der Waals surface area contributed by atoms with Gasteiger partial charge in [-0.3, -0.25) is 4.90 Å². The zero-order chi connectivity index (χ0) is 36.8. The molecule has 2 amide bonds. The second-order valence-electron chi connectivity index (χ2n) is 16.1. The number of hydrogen-bond donors (Lipinski definition) is 3. The number of ether oxygens (including phenoxy) is 2. The van der Waals surface area contributed by atoms with E-state index in [4.69, 9.17) is 21.1 Å². The predicted molar refractivity (Wildman–Crippen MR) is 204 cm³/mol. The minimum Gasteiger partial charge on any atom is -0.444 e. The Bertz CT molecular complexity index is 1860. The first-order valence-electron chi connectivity index (χ1n) is 17.7. The van der Waals surface area contributed by atoms with E-state index in [9.17, 15) is 9.59 Å². The van der Waals surface area contributed by atoms with E-state index in [2.05, 4.69) is 54.0 Å². The number of nitrogens with one attached hydrogen (secondary N) is 3. The van der Waals surface area contributed by atoms with Crippen LogP contribution >= 0.6 is 11.6 Å². The van der Waals surface area contributed by atoms with Crippen LogP contribution in [0.3, 0.4) is 0 Å². The summed E-state index contributed by atoms with van der Waals surface area (Å²) in [5, 5.41) is 5.72. The van der Waals surface area contributed by atoms with Gasteiger partial charge in [-0.05, 0) is 84.9 Å². The monoisotopic (exact) mass is 738 g/mol. The molecule has 8 heterocycles. The molecule has 4 unspecified atom stereocenters. The average molecular weight is 739 g/mol. The summed E-state index contributed by atoms with van der Waals surface area (Å²) < 4.78 is 11.0. The van der Waals surface area contributed by atoms with Crippen LogP contribution in [0.15, 0.2) is 37.2 Å². The standard InChI is InChI=1S/C18H25N5O2.C12H22N2O2.C6H4ClN3.CH4/c1-12-9-23(16(24)25-17(2,3)4)18(12)6-8-22(10-18)15-13-5-7-19-14(13)20-11-21-15;1-9-7-14(10(15)16-11(2,3)4)12(9)5-6-13-8-12;7-5-4-1-2-8-6(4)10-3-9-5;/h5,7,11-12H,6,8-10H2,1-4H3,(H,19,20,21);9,13H,5-8H2,1-4H3;1-3H,(H,8,9,10);1H4. The number of likely N-dealkylation sites (tertiary alicyclic amines) is 2. The number of carbonyl (C=O) groups is 2. The number of nitrogens with zero attached hydrogens (tertiary/aromatic N) is 7. The molecule has 4 aliphatic heterocycles. The minimum absolute atomic E-state index is 0. The summed E-state index contributed by atoms with van der Waals surface area (Å²) in [5.74, 6) is 1.97. The van der Waals surface area contributed by atoms with Crippen LogP contribution in [0.1, 0.15) is 75.7 Å². The third-order valence-electron chi connectivity index (χ3n) is 10.4. The van der Waals surface area contributed by atoms with Crippen molar-refractivity contribution < 1.29 is 19.1 Å². The fourth-order valence-electron chi connectivity index (χ4n) is 7.63. The summed E-state index contributed by atoms with van der Waals surface area (Å²) in [5.41, 5.74) is 0.623. The first-order valence-corrected chi connectivity index (χ1v) is 18.1. The highest BCUT2D eigenvalue weighted by atomic mass is 35.5. The molecule has 284 valence electrons. The third kappa shape index (κ3) is 7.64. The van der Waals surface area contributed by atoms with Crippen molar-refractivity contribution in [2.45, 2.75) is 97.9 Å². The second-order valence-corrected chi connectivity index (χ2v) is 16.5. The number of hydrogen-bond acceptors (Lipinski definition) is 10. The molecule has 4 aromatic heterocycles. The maximum atomic E-state index is 12.6. The van der Waals surface area contributed by atoms with E-state index in [0.717, 1.165) is 80.0 Å². The molecule has 4 aliphatic rings. The highest BCUT2D eigenvalue weighted by Crippen LogP contribution is 2.46. The molecular formula is C37H55ClN10O4. The molecule has 4 atom stereocenters. The molecule has 0 bridgehead atoms. The van der Waals surface area contributed by atoms with Crippen molar-refractivity contribution >= 4 is 51.7 Å². The second kappa shape index (κ2) is 14.7. The predicted octanol–water partition coefficient (Wildman–Crippen LogP) is 6.65. The molecule has 8 rings (SSSR count). The number of rotatable bonds is 1. The Balaban J connectivity index is 0.000000165. The van der Waals surface area contributed by atoms with Crippen LogP contribution in [0.4, 0.5) is 15.4 Å². The van der Waals surface area contributed by atoms with Gasteiger partial charge in [-0.2, -0.15) is 0 Å². The van der Waals surface area contributed by atoms with Crippen molar-refractivity contribution in [1.29, 1.82) is 0 Å². The average Bonchev–Trinajstić information content (AvgIpc) is 3.88. The Hall–Kier alpha value is -4.17. The van der Waals surface area contributed by atoms with E-state index >= 15 is 0 Å². The first-order chi connectivity index (χ1) is 24.0. The molecular weight excluding hydrogens is 684 g/mol. The number of H-pyrrole nitrogens is 2. The summed E-state index contributed by atoms with van der Waals surface area (Å²) in [4.78, 5) is 53.3. The minimum atomic E-state index is -0.473. The largest absolute Gasteiger partial charge is 0.444 e. The van der Waals surface area contributed by atoms with E-state index < -0.39 is 11.2 Å². The zero-order valence-electron chi connectivity index (χ0n) is 30.9. The van der Waals surface area contributed by atoms with E-state index in [1.165, 1.54) is 6.33 Å². The van der Waals surface area contributed by atoms with E-state index in [1.807, 2.05) is 69.7 Å². The molecule has 14 nitrogen and oxygen atoms in total. The Kier molecular flexibility index (Phi) is 11.0. The van der Waals surface area contributed by atoms with Crippen molar-refractivity contribution in [2.24, 2.45) is 11.8 Å². The molecule has 4 fully saturated rings. The quantitative estimate of drug-likeness (QED) is 0.181. The van der Waals surface area contributed by atoms with E-state index in [1.54, 1.807) is 12.5 Å². The lowest BCUT2D eigenvalue weighted by atomic mass is 9.74. The zero-order valence-corrected chi connectivity index (χ0v) is 31.7. The van der Waals surface area contributed by atoms with Crippen LogP contribution in [0.25, 0.3) is 22.1 Å². The fourth-order valence-corrected chi connectivity index (χ4v) is 7.82. The highest BCUT2D eigenvalue weighted by Gasteiger charge is 2.58. The lowest BCUT2D eigenvalue weighted by molar-refractivity contribution is -0.0709. The molecule has 0 aromatic carbocycles. The van der Waals surface area contributed by atoms with Crippen LogP contribution < -0.4 is 10.2 Å².